The van der Waals surface area contributed by atoms with Crippen LogP contribution in [0.15, 0.2) is 12.1 Å². The molecule has 0 amide bonds. The van der Waals surface area contributed by atoms with Crippen LogP contribution in [-0.2, 0) is 16.3 Å². The second-order valence-corrected chi connectivity index (χ2v) is 8.42. The summed E-state index contributed by atoms with van der Waals surface area (Å²) >= 11 is 0. The zero-order valence-electron chi connectivity index (χ0n) is 12.5. The Hall–Kier alpha value is -0.870. The molecule has 0 aromatic heterocycles. The molecular formula is C16H24O3S. The van der Waals surface area contributed by atoms with Crippen LogP contribution in [0.3, 0.4) is 0 Å². The standard InChI is InChI=1S/C16H24O3S/c1-11-6-12(2)16(13(3)7-11)8-15(9-17)14-4-5-20(18,19)10-14/h6-7,14-15,17H,4-5,8-10H2,1-3H3. The first-order valence-electron chi connectivity index (χ1n) is 7.20. The second kappa shape index (κ2) is 5.86. The van der Waals surface area contributed by atoms with Crippen molar-refractivity contribution in [1.29, 1.82) is 0 Å². The maximum absolute atomic E-state index is 11.6. The molecule has 1 aliphatic heterocycles. The zero-order valence-corrected chi connectivity index (χ0v) is 13.3. The van der Waals surface area contributed by atoms with Gasteiger partial charge in [0.05, 0.1) is 11.5 Å². The smallest absolute Gasteiger partial charge is 0.150 e. The van der Waals surface area contributed by atoms with Gasteiger partial charge in [-0.05, 0) is 62.1 Å². The lowest BCUT2D eigenvalue weighted by atomic mass is 9.84. The van der Waals surface area contributed by atoms with E-state index in [9.17, 15) is 13.5 Å². The van der Waals surface area contributed by atoms with Gasteiger partial charge in [-0.15, -0.1) is 0 Å². The fourth-order valence-electron chi connectivity index (χ4n) is 3.37. The predicted octanol–water partition coefficient (Wildman–Crippen LogP) is 2.20. The van der Waals surface area contributed by atoms with Crippen molar-refractivity contribution in [3.05, 3.63) is 34.4 Å². The maximum atomic E-state index is 11.6. The molecule has 20 heavy (non-hydrogen) atoms. The molecule has 1 N–H and O–H groups in total. The molecule has 1 saturated heterocycles. The molecule has 1 aliphatic rings. The van der Waals surface area contributed by atoms with Crippen LogP contribution < -0.4 is 0 Å². The lowest BCUT2D eigenvalue weighted by molar-refractivity contribution is 0.183. The summed E-state index contributed by atoms with van der Waals surface area (Å²) in [5.74, 6) is 0.667. The largest absolute Gasteiger partial charge is 0.396 e. The van der Waals surface area contributed by atoms with Gasteiger partial charge in [0.1, 0.15) is 0 Å². The maximum Gasteiger partial charge on any atom is 0.150 e. The number of rotatable bonds is 4. The normalized spacial score (nSPS) is 22.9. The second-order valence-electron chi connectivity index (χ2n) is 6.19. The van der Waals surface area contributed by atoms with E-state index in [0.717, 1.165) is 6.42 Å². The van der Waals surface area contributed by atoms with Crippen molar-refractivity contribution in [2.45, 2.75) is 33.6 Å². The van der Waals surface area contributed by atoms with E-state index in [1.54, 1.807) is 0 Å². The SMILES string of the molecule is Cc1cc(C)c(CC(CO)C2CCS(=O)(=O)C2)c(C)c1. The van der Waals surface area contributed by atoms with E-state index >= 15 is 0 Å². The van der Waals surface area contributed by atoms with Crippen LogP contribution in [0.1, 0.15) is 28.7 Å². The van der Waals surface area contributed by atoms with E-state index in [0.29, 0.717) is 6.42 Å². The monoisotopic (exact) mass is 296 g/mol. The Morgan fingerprint density at radius 1 is 1.25 bits per heavy atom. The highest BCUT2D eigenvalue weighted by molar-refractivity contribution is 7.91. The molecule has 0 radical (unpaired) electrons. The van der Waals surface area contributed by atoms with E-state index in [1.807, 2.05) is 0 Å². The van der Waals surface area contributed by atoms with Gasteiger partial charge in [0.25, 0.3) is 0 Å². The van der Waals surface area contributed by atoms with Crippen molar-refractivity contribution in [3.8, 4) is 0 Å². The van der Waals surface area contributed by atoms with E-state index in [2.05, 4.69) is 32.9 Å². The third-order valence-electron chi connectivity index (χ3n) is 4.48. The summed E-state index contributed by atoms with van der Waals surface area (Å²) in [6.07, 6.45) is 1.46. The Labute approximate surface area is 121 Å². The first-order chi connectivity index (χ1) is 9.32. The van der Waals surface area contributed by atoms with Gasteiger partial charge in [-0.1, -0.05) is 17.7 Å². The van der Waals surface area contributed by atoms with Gasteiger partial charge in [-0.25, -0.2) is 8.42 Å². The van der Waals surface area contributed by atoms with Crippen molar-refractivity contribution in [2.75, 3.05) is 18.1 Å². The molecule has 0 aliphatic carbocycles. The van der Waals surface area contributed by atoms with Gasteiger partial charge in [-0.2, -0.15) is 0 Å². The van der Waals surface area contributed by atoms with Crippen molar-refractivity contribution in [2.24, 2.45) is 11.8 Å². The Morgan fingerprint density at radius 3 is 2.30 bits per heavy atom. The van der Waals surface area contributed by atoms with Crippen molar-refractivity contribution in [1.82, 2.24) is 0 Å². The molecule has 4 heteroatoms. The fourth-order valence-corrected chi connectivity index (χ4v) is 5.29. The molecule has 0 bridgehead atoms. The third-order valence-corrected chi connectivity index (χ3v) is 6.27. The molecule has 1 aromatic carbocycles. The minimum absolute atomic E-state index is 0.0485. The average Bonchev–Trinajstić information content (AvgIpc) is 2.68. The van der Waals surface area contributed by atoms with Crippen LogP contribution >= 0.6 is 0 Å². The fraction of sp³-hybridized carbons (Fsp3) is 0.625. The first-order valence-corrected chi connectivity index (χ1v) is 9.02. The molecule has 1 aromatic rings. The van der Waals surface area contributed by atoms with Gasteiger partial charge in [0, 0.05) is 6.61 Å². The van der Waals surface area contributed by atoms with E-state index in [1.165, 1.54) is 22.3 Å². The Balaban J connectivity index is 2.19. The molecule has 2 unspecified atom stereocenters. The van der Waals surface area contributed by atoms with Crippen LogP contribution in [-0.4, -0.2) is 31.6 Å². The summed E-state index contributed by atoms with van der Waals surface area (Å²) in [7, 11) is -2.88. The summed E-state index contributed by atoms with van der Waals surface area (Å²) in [6, 6.07) is 4.31. The van der Waals surface area contributed by atoms with Crippen molar-refractivity contribution >= 4 is 9.84 Å². The number of sulfone groups is 1. The zero-order chi connectivity index (χ0) is 14.9. The summed E-state index contributed by atoms with van der Waals surface area (Å²) < 4.78 is 23.2. The topological polar surface area (TPSA) is 54.4 Å². The highest BCUT2D eigenvalue weighted by Crippen LogP contribution is 2.30. The molecule has 0 saturated carbocycles. The third kappa shape index (κ3) is 3.41. The molecule has 0 spiro atoms. The number of aryl methyl sites for hydroxylation is 3. The molecular weight excluding hydrogens is 272 g/mol. The number of hydrogen-bond donors (Lipinski definition) is 1. The van der Waals surface area contributed by atoms with Crippen molar-refractivity contribution < 1.29 is 13.5 Å². The number of aliphatic hydroxyl groups excluding tert-OH is 1. The van der Waals surface area contributed by atoms with E-state index < -0.39 is 9.84 Å². The lowest BCUT2D eigenvalue weighted by Gasteiger charge is -2.22. The van der Waals surface area contributed by atoms with Gasteiger partial charge < -0.3 is 5.11 Å². The Morgan fingerprint density at radius 2 is 1.85 bits per heavy atom. The summed E-state index contributed by atoms with van der Waals surface area (Å²) in [5.41, 5.74) is 4.98. The molecule has 112 valence electrons. The average molecular weight is 296 g/mol. The Kier molecular flexibility index (Phi) is 4.55. The van der Waals surface area contributed by atoms with Crippen LogP contribution in [0, 0.1) is 32.6 Å². The van der Waals surface area contributed by atoms with Crippen LogP contribution in [0.4, 0.5) is 0 Å². The molecule has 1 fully saturated rings. The minimum atomic E-state index is -2.88. The quantitative estimate of drug-likeness (QED) is 0.926. The predicted molar refractivity (Wildman–Crippen MR) is 81.7 cm³/mol. The molecule has 3 nitrogen and oxygen atoms in total. The van der Waals surface area contributed by atoms with Crippen molar-refractivity contribution in [3.63, 3.8) is 0 Å². The highest BCUT2D eigenvalue weighted by atomic mass is 32.2. The molecule has 2 rings (SSSR count). The van der Waals surface area contributed by atoms with Crippen LogP contribution in [0.2, 0.25) is 0 Å². The highest BCUT2D eigenvalue weighted by Gasteiger charge is 2.33. The van der Waals surface area contributed by atoms with Crippen LogP contribution in [0.5, 0.6) is 0 Å². The molecule has 1 heterocycles. The van der Waals surface area contributed by atoms with Gasteiger partial charge in [0.2, 0.25) is 0 Å². The number of benzene rings is 1. The van der Waals surface area contributed by atoms with E-state index in [4.69, 9.17) is 0 Å². The number of hydrogen-bond acceptors (Lipinski definition) is 3. The first kappa shape index (κ1) is 15.5. The Bertz CT molecular complexity index is 567. The summed E-state index contributed by atoms with van der Waals surface area (Å²) in [6.45, 7) is 6.33. The minimum Gasteiger partial charge on any atom is -0.396 e. The van der Waals surface area contributed by atoms with E-state index in [-0.39, 0.29) is 29.9 Å². The van der Waals surface area contributed by atoms with Gasteiger partial charge in [0.15, 0.2) is 9.84 Å². The summed E-state index contributed by atoms with van der Waals surface area (Å²) in [4.78, 5) is 0. The molecule has 2 atom stereocenters. The summed E-state index contributed by atoms with van der Waals surface area (Å²) in [5, 5.41) is 9.66. The number of aliphatic hydroxyl groups is 1. The van der Waals surface area contributed by atoms with Gasteiger partial charge in [-0.3, -0.25) is 0 Å². The lowest BCUT2D eigenvalue weighted by Crippen LogP contribution is -2.23. The van der Waals surface area contributed by atoms with Gasteiger partial charge >= 0.3 is 0 Å². The van der Waals surface area contributed by atoms with Crippen LogP contribution in [0.25, 0.3) is 0 Å².